The SMILES string of the molecule is Cc1ccc2nc(CCCl)n(-c3cccc(I)c3)c2n1. The van der Waals surface area contributed by atoms with Crippen LogP contribution in [0.5, 0.6) is 0 Å². The third-order valence-corrected chi connectivity index (χ3v) is 3.96. The molecule has 0 aliphatic heterocycles. The Hall–Kier alpha value is -1.14. The first kappa shape index (κ1) is 13.8. The molecule has 0 radical (unpaired) electrons. The monoisotopic (exact) mass is 397 g/mol. The van der Waals surface area contributed by atoms with E-state index in [1.54, 1.807) is 0 Å². The average Bonchev–Trinajstić information content (AvgIpc) is 2.76. The van der Waals surface area contributed by atoms with E-state index in [0.717, 1.165) is 34.8 Å². The van der Waals surface area contributed by atoms with E-state index in [1.165, 1.54) is 3.57 Å². The third kappa shape index (κ3) is 2.54. The van der Waals surface area contributed by atoms with Gasteiger partial charge in [-0.15, -0.1) is 11.6 Å². The van der Waals surface area contributed by atoms with E-state index in [0.29, 0.717) is 5.88 Å². The molecule has 0 aliphatic carbocycles. The van der Waals surface area contributed by atoms with Crippen molar-refractivity contribution in [3.05, 3.63) is 51.5 Å². The summed E-state index contributed by atoms with van der Waals surface area (Å²) in [6.07, 6.45) is 0.725. The van der Waals surface area contributed by atoms with E-state index >= 15 is 0 Å². The molecule has 0 saturated carbocycles. The van der Waals surface area contributed by atoms with Gasteiger partial charge in [-0.1, -0.05) is 6.07 Å². The van der Waals surface area contributed by atoms with E-state index in [-0.39, 0.29) is 0 Å². The molecule has 3 aromatic rings. The van der Waals surface area contributed by atoms with Crippen LogP contribution >= 0.6 is 34.2 Å². The summed E-state index contributed by atoms with van der Waals surface area (Å²) in [6.45, 7) is 1.99. The number of rotatable bonds is 3. The quantitative estimate of drug-likeness (QED) is 0.492. The Morgan fingerprint density at radius 1 is 1.20 bits per heavy atom. The van der Waals surface area contributed by atoms with E-state index in [2.05, 4.69) is 55.3 Å². The van der Waals surface area contributed by atoms with Crippen LogP contribution < -0.4 is 0 Å². The summed E-state index contributed by atoms with van der Waals surface area (Å²) >= 11 is 8.22. The molecule has 0 fully saturated rings. The molecule has 5 heteroatoms. The number of hydrogen-bond acceptors (Lipinski definition) is 2. The van der Waals surface area contributed by atoms with Gasteiger partial charge in [-0.3, -0.25) is 4.57 Å². The predicted octanol–water partition coefficient (Wildman–Crippen LogP) is 4.11. The number of aromatic nitrogens is 3. The Bertz CT molecular complexity index is 767. The minimum absolute atomic E-state index is 0.548. The van der Waals surface area contributed by atoms with Crippen LogP contribution in [0.15, 0.2) is 36.4 Å². The first-order chi connectivity index (χ1) is 9.69. The highest BCUT2D eigenvalue weighted by atomic mass is 127. The molecule has 0 bridgehead atoms. The largest absolute Gasteiger partial charge is 0.281 e. The molecule has 3 rings (SSSR count). The smallest absolute Gasteiger partial charge is 0.164 e. The van der Waals surface area contributed by atoms with Crippen molar-refractivity contribution in [1.82, 2.24) is 14.5 Å². The van der Waals surface area contributed by atoms with Gasteiger partial charge in [0.15, 0.2) is 5.65 Å². The van der Waals surface area contributed by atoms with Gasteiger partial charge in [0, 0.05) is 27.3 Å². The second kappa shape index (κ2) is 5.69. The summed E-state index contributed by atoms with van der Waals surface area (Å²) in [4.78, 5) is 9.30. The van der Waals surface area contributed by atoms with Crippen LogP contribution in [0.4, 0.5) is 0 Å². The van der Waals surface area contributed by atoms with Gasteiger partial charge < -0.3 is 0 Å². The van der Waals surface area contributed by atoms with Crippen LogP contribution in [-0.4, -0.2) is 20.4 Å². The van der Waals surface area contributed by atoms with Gasteiger partial charge in [-0.05, 0) is 59.8 Å². The molecule has 0 N–H and O–H groups in total. The Morgan fingerprint density at radius 3 is 2.80 bits per heavy atom. The van der Waals surface area contributed by atoms with Gasteiger partial charge >= 0.3 is 0 Å². The number of aryl methyl sites for hydroxylation is 2. The average molecular weight is 398 g/mol. The molecule has 102 valence electrons. The summed E-state index contributed by atoms with van der Waals surface area (Å²) in [5, 5.41) is 0. The van der Waals surface area contributed by atoms with Crippen molar-refractivity contribution in [1.29, 1.82) is 0 Å². The number of benzene rings is 1. The van der Waals surface area contributed by atoms with Crippen LogP contribution in [0.1, 0.15) is 11.5 Å². The van der Waals surface area contributed by atoms with Crippen LogP contribution in [0.3, 0.4) is 0 Å². The zero-order valence-electron chi connectivity index (χ0n) is 11.0. The van der Waals surface area contributed by atoms with Crippen molar-refractivity contribution in [3.8, 4) is 5.69 Å². The highest BCUT2D eigenvalue weighted by Crippen LogP contribution is 2.22. The first-order valence-electron chi connectivity index (χ1n) is 6.36. The first-order valence-corrected chi connectivity index (χ1v) is 7.97. The Morgan fingerprint density at radius 2 is 2.05 bits per heavy atom. The topological polar surface area (TPSA) is 30.7 Å². The lowest BCUT2D eigenvalue weighted by atomic mass is 10.3. The third-order valence-electron chi connectivity index (χ3n) is 3.10. The van der Waals surface area contributed by atoms with Gasteiger partial charge in [0.1, 0.15) is 11.3 Å². The van der Waals surface area contributed by atoms with Crippen molar-refractivity contribution in [3.63, 3.8) is 0 Å². The van der Waals surface area contributed by atoms with Gasteiger partial charge in [0.05, 0.1) is 0 Å². The fourth-order valence-electron chi connectivity index (χ4n) is 2.24. The van der Waals surface area contributed by atoms with Gasteiger partial charge in [0.25, 0.3) is 0 Å². The number of nitrogens with zero attached hydrogens (tertiary/aromatic N) is 3. The summed E-state index contributed by atoms with van der Waals surface area (Å²) in [6, 6.07) is 12.3. The normalized spacial score (nSPS) is 11.2. The number of fused-ring (bicyclic) bond motifs is 1. The summed E-state index contributed by atoms with van der Waals surface area (Å²) in [5.74, 6) is 1.50. The molecule has 0 amide bonds. The van der Waals surface area contributed by atoms with Crippen molar-refractivity contribution >= 4 is 45.4 Å². The second-order valence-electron chi connectivity index (χ2n) is 4.58. The van der Waals surface area contributed by atoms with Crippen LogP contribution in [0, 0.1) is 10.5 Å². The maximum atomic E-state index is 5.91. The predicted molar refractivity (Wildman–Crippen MR) is 90.7 cm³/mol. The minimum atomic E-state index is 0.548. The number of halogens is 2. The molecule has 0 spiro atoms. The molecular formula is C15H13ClIN3. The highest BCUT2D eigenvalue weighted by Gasteiger charge is 2.13. The minimum Gasteiger partial charge on any atom is -0.281 e. The molecule has 0 aliphatic rings. The molecule has 0 saturated heterocycles. The molecular weight excluding hydrogens is 385 g/mol. The van der Waals surface area contributed by atoms with E-state index in [9.17, 15) is 0 Å². The number of alkyl halides is 1. The van der Waals surface area contributed by atoms with Gasteiger partial charge in [0.2, 0.25) is 0 Å². The Labute approximate surface area is 136 Å². The van der Waals surface area contributed by atoms with Crippen LogP contribution in [0.25, 0.3) is 16.9 Å². The molecule has 2 heterocycles. The Balaban J connectivity index is 2.30. The lowest BCUT2D eigenvalue weighted by molar-refractivity contribution is 0.903. The van der Waals surface area contributed by atoms with E-state index < -0.39 is 0 Å². The van der Waals surface area contributed by atoms with E-state index in [1.807, 2.05) is 25.1 Å². The summed E-state index contributed by atoms with van der Waals surface area (Å²) in [7, 11) is 0. The highest BCUT2D eigenvalue weighted by molar-refractivity contribution is 14.1. The van der Waals surface area contributed by atoms with Crippen molar-refractivity contribution < 1.29 is 0 Å². The molecule has 1 aromatic carbocycles. The van der Waals surface area contributed by atoms with E-state index in [4.69, 9.17) is 11.6 Å². The maximum Gasteiger partial charge on any atom is 0.164 e. The van der Waals surface area contributed by atoms with Crippen molar-refractivity contribution in [2.24, 2.45) is 0 Å². The Kier molecular flexibility index (Phi) is 3.94. The van der Waals surface area contributed by atoms with Crippen LogP contribution in [0.2, 0.25) is 0 Å². The van der Waals surface area contributed by atoms with Crippen LogP contribution in [-0.2, 0) is 6.42 Å². The zero-order valence-corrected chi connectivity index (χ0v) is 13.9. The summed E-state index contributed by atoms with van der Waals surface area (Å²) in [5.41, 5.74) is 3.88. The fourth-order valence-corrected chi connectivity index (χ4v) is 2.93. The van der Waals surface area contributed by atoms with Gasteiger partial charge in [-0.2, -0.15) is 0 Å². The maximum absolute atomic E-state index is 5.91. The standard InChI is InChI=1S/C15H13ClIN3/c1-10-5-6-13-15(18-10)20(14(19-13)7-8-16)12-4-2-3-11(17)9-12/h2-6,9H,7-8H2,1H3. The molecule has 20 heavy (non-hydrogen) atoms. The zero-order chi connectivity index (χ0) is 14.1. The number of hydrogen-bond donors (Lipinski definition) is 0. The van der Waals surface area contributed by atoms with Gasteiger partial charge in [-0.25, -0.2) is 9.97 Å². The fraction of sp³-hybridized carbons (Fsp3) is 0.200. The summed E-state index contributed by atoms with van der Waals surface area (Å²) < 4.78 is 3.29. The lowest BCUT2D eigenvalue weighted by Gasteiger charge is -2.08. The number of pyridine rings is 1. The number of imidazole rings is 1. The van der Waals surface area contributed by atoms with Crippen molar-refractivity contribution in [2.45, 2.75) is 13.3 Å². The molecule has 2 aromatic heterocycles. The molecule has 3 nitrogen and oxygen atoms in total. The molecule has 0 atom stereocenters. The molecule has 0 unspecified atom stereocenters. The van der Waals surface area contributed by atoms with Crippen molar-refractivity contribution in [2.75, 3.05) is 5.88 Å². The second-order valence-corrected chi connectivity index (χ2v) is 6.20. The lowest BCUT2D eigenvalue weighted by Crippen LogP contribution is -2.03.